The summed E-state index contributed by atoms with van der Waals surface area (Å²) in [6.45, 7) is 0.232. The van der Waals surface area contributed by atoms with Crippen molar-refractivity contribution in [1.29, 1.82) is 0 Å². The second kappa shape index (κ2) is 5.82. The molecule has 21 heavy (non-hydrogen) atoms. The first-order chi connectivity index (χ1) is 9.86. The van der Waals surface area contributed by atoms with E-state index in [0.717, 1.165) is 18.3 Å². The summed E-state index contributed by atoms with van der Waals surface area (Å²) in [5, 5.41) is 2.78. The van der Waals surface area contributed by atoms with Gasteiger partial charge in [0.25, 0.3) is 0 Å². The molecule has 0 fully saturated rings. The number of pyridine rings is 1. The first kappa shape index (κ1) is 14.8. The van der Waals surface area contributed by atoms with Crippen molar-refractivity contribution in [3.63, 3.8) is 0 Å². The van der Waals surface area contributed by atoms with E-state index in [9.17, 15) is 18.0 Å². The van der Waals surface area contributed by atoms with Crippen LogP contribution in [0.2, 0.25) is 0 Å². The maximum atomic E-state index is 12.6. The lowest BCUT2D eigenvalue weighted by atomic mass is 10.1. The second-order valence-corrected chi connectivity index (χ2v) is 4.35. The van der Waals surface area contributed by atoms with E-state index in [1.54, 1.807) is 24.3 Å². The molecule has 7 heteroatoms. The number of amides is 1. The number of nitrogens with two attached hydrogens (primary N) is 1. The molecule has 1 amide bonds. The van der Waals surface area contributed by atoms with Crippen LogP contribution < -0.4 is 11.1 Å². The summed E-state index contributed by atoms with van der Waals surface area (Å²) >= 11 is 0. The van der Waals surface area contributed by atoms with Crippen molar-refractivity contribution in [2.24, 2.45) is 5.73 Å². The van der Waals surface area contributed by atoms with Gasteiger partial charge in [0, 0.05) is 18.3 Å². The quantitative estimate of drug-likeness (QED) is 0.911. The monoisotopic (exact) mass is 295 g/mol. The maximum Gasteiger partial charge on any atom is 0.416 e. The largest absolute Gasteiger partial charge is 0.416 e. The highest BCUT2D eigenvalue weighted by atomic mass is 19.4. The van der Waals surface area contributed by atoms with Gasteiger partial charge in [-0.1, -0.05) is 12.1 Å². The molecule has 0 aliphatic heterocycles. The van der Waals surface area contributed by atoms with E-state index in [0.29, 0.717) is 11.1 Å². The molecule has 0 atom stereocenters. The van der Waals surface area contributed by atoms with Gasteiger partial charge in [0.15, 0.2) is 0 Å². The van der Waals surface area contributed by atoms with Gasteiger partial charge in [-0.25, -0.2) is 4.98 Å². The van der Waals surface area contributed by atoms with Crippen LogP contribution in [0.5, 0.6) is 0 Å². The Hall–Kier alpha value is -2.57. The minimum absolute atomic E-state index is 0.106. The highest BCUT2D eigenvalue weighted by molar-refractivity contribution is 5.92. The highest BCUT2D eigenvalue weighted by Crippen LogP contribution is 2.29. The fourth-order valence-corrected chi connectivity index (χ4v) is 1.73. The average Bonchev–Trinajstić information content (AvgIpc) is 2.45. The number of carbonyl (C=O) groups is 1. The molecule has 2 aromatic rings. The van der Waals surface area contributed by atoms with E-state index in [1.807, 2.05) is 0 Å². The molecule has 0 bridgehead atoms. The number of carbonyl (C=O) groups excluding carboxylic acids is 1. The maximum absolute atomic E-state index is 12.6. The third-order valence-electron chi connectivity index (χ3n) is 2.77. The Balaban J connectivity index is 2.10. The third-order valence-corrected chi connectivity index (χ3v) is 2.77. The Morgan fingerprint density at radius 2 is 2.00 bits per heavy atom. The predicted octanol–water partition coefficient (Wildman–Crippen LogP) is 2.81. The Labute approximate surface area is 118 Å². The van der Waals surface area contributed by atoms with Gasteiger partial charge >= 0.3 is 6.18 Å². The molecule has 110 valence electrons. The standard InChI is InChI=1S/C14H12F3N3O/c15-14(16,17)11-4-5-19-12(7-11)20-8-9-2-1-3-10(6-9)13(18)21/h1-7H,8H2,(H2,18,21)(H,19,20). The van der Waals surface area contributed by atoms with Crippen molar-refractivity contribution in [1.82, 2.24) is 4.98 Å². The van der Waals surface area contributed by atoms with Gasteiger partial charge in [0.2, 0.25) is 5.91 Å². The first-order valence-corrected chi connectivity index (χ1v) is 6.02. The van der Waals surface area contributed by atoms with Crippen LogP contribution in [0, 0.1) is 0 Å². The number of halogens is 3. The average molecular weight is 295 g/mol. The van der Waals surface area contributed by atoms with Gasteiger partial charge in [0.1, 0.15) is 5.82 Å². The summed E-state index contributed by atoms with van der Waals surface area (Å²) in [5.74, 6) is -0.455. The summed E-state index contributed by atoms with van der Waals surface area (Å²) in [7, 11) is 0. The van der Waals surface area contributed by atoms with Crippen molar-refractivity contribution in [2.45, 2.75) is 12.7 Å². The van der Waals surface area contributed by atoms with E-state index in [4.69, 9.17) is 5.73 Å². The van der Waals surface area contributed by atoms with Crippen molar-refractivity contribution < 1.29 is 18.0 Å². The minimum atomic E-state index is -4.41. The Morgan fingerprint density at radius 1 is 1.24 bits per heavy atom. The van der Waals surface area contributed by atoms with E-state index in [-0.39, 0.29) is 12.4 Å². The number of benzene rings is 1. The predicted molar refractivity (Wildman–Crippen MR) is 71.5 cm³/mol. The summed E-state index contributed by atoms with van der Waals surface area (Å²) < 4.78 is 37.7. The van der Waals surface area contributed by atoms with Crippen LogP contribution in [0.3, 0.4) is 0 Å². The molecule has 0 unspecified atom stereocenters. The van der Waals surface area contributed by atoms with Crippen LogP contribution >= 0.6 is 0 Å². The van der Waals surface area contributed by atoms with Crippen LogP contribution in [0.4, 0.5) is 19.0 Å². The number of nitrogens with one attached hydrogen (secondary N) is 1. The van der Waals surface area contributed by atoms with Crippen molar-refractivity contribution in [3.8, 4) is 0 Å². The number of hydrogen-bond acceptors (Lipinski definition) is 3. The summed E-state index contributed by atoms with van der Waals surface area (Å²) in [5.41, 5.74) is 5.44. The number of primary amides is 1. The molecule has 0 aliphatic rings. The van der Waals surface area contributed by atoms with Crippen LogP contribution in [-0.4, -0.2) is 10.9 Å². The van der Waals surface area contributed by atoms with Crippen LogP contribution in [0.15, 0.2) is 42.6 Å². The fourth-order valence-electron chi connectivity index (χ4n) is 1.73. The topological polar surface area (TPSA) is 68.0 Å². The van der Waals surface area contributed by atoms with Crippen LogP contribution in [0.1, 0.15) is 21.5 Å². The van der Waals surface area contributed by atoms with Crippen LogP contribution in [-0.2, 0) is 12.7 Å². The van der Waals surface area contributed by atoms with E-state index < -0.39 is 17.6 Å². The van der Waals surface area contributed by atoms with Crippen molar-refractivity contribution in [3.05, 3.63) is 59.3 Å². The van der Waals surface area contributed by atoms with E-state index >= 15 is 0 Å². The SMILES string of the molecule is NC(=O)c1cccc(CNc2cc(C(F)(F)F)ccn2)c1. The van der Waals surface area contributed by atoms with Gasteiger partial charge in [0.05, 0.1) is 5.56 Å². The third kappa shape index (κ3) is 3.95. The number of rotatable bonds is 4. The number of nitrogens with zero attached hydrogens (tertiary/aromatic N) is 1. The first-order valence-electron chi connectivity index (χ1n) is 6.02. The molecular formula is C14H12F3N3O. The van der Waals surface area contributed by atoms with Crippen molar-refractivity contribution >= 4 is 11.7 Å². The Morgan fingerprint density at radius 3 is 2.67 bits per heavy atom. The fraction of sp³-hybridized carbons (Fsp3) is 0.143. The molecule has 0 aliphatic carbocycles. The van der Waals surface area contributed by atoms with Crippen LogP contribution in [0.25, 0.3) is 0 Å². The molecular weight excluding hydrogens is 283 g/mol. The molecule has 1 heterocycles. The molecule has 3 N–H and O–H groups in total. The van der Waals surface area contributed by atoms with Gasteiger partial charge < -0.3 is 11.1 Å². The molecule has 0 saturated heterocycles. The molecule has 0 spiro atoms. The van der Waals surface area contributed by atoms with E-state index in [2.05, 4.69) is 10.3 Å². The van der Waals surface area contributed by atoms with Gasteiger partial charge in [-0.2, -0.15) is 13.2 Å². The number of aromatic nitrogens is 1. The summed E-state index contributed by atoms with van der Waals surface area (Å²) in [6.07, 6.45) is -3.32. The molecule has 1 aromatic heterocycles. The van der Waals surface area contributed by atoms with Gasteiger partial charge in [-0.15, -0.1) is 0 Å². The zero-order valence-corrected chi connectivity index (χ0v) is 10.8. The van der Waals surface area contributed by atoms with E-state index in [1.165, 1.54) is 0 Å². The van der Waals surface area contributed by atoms with Crippen molar-refractivity contribution in [2.75, 3.05) is 5.32 Å². The Kier molecular flexibility index (Phi) is 4.11. The lowest BCUT2D eigenvalue weighted by Crippen LogP contribution is -2.12. The van der Waals surface area contributed by atoms with Gasteiger partial charge in [-0.05, 0) is 29.8 Å². The highest BCUT2D eigenvalue weighted by Gasteiger charge is 2.30. The molecule has 0 saturated carbocycles. The molecule has 4 nitrogen and oxygen atoms in total. The summed E-state index contributed by atoms with van der Waals surface area (Å²) in [6, 6.07) is 8.35. The zero-order valence-electron chi connectivity index (χ0n) is 10.8. The Bertz CT molecular complexity index is 656. The van der Waals surface area contributed by atoms with Gasteiger partial charge in [-0.3, -0.25) is 4.79 Å². The lowest BCUT2D eigenvalue weighted by Gasteiger charge is -2.10. The summed E-state index contributed by atoms with van der Waals surface area (Å²) in [4.78, 5) is 14.9. The number of hydrogen-bond donors (Lipinski definition) is 2. The molecule has 0 radical (unpaired) electrons. The lowest BCUT2D eigenvalue weighted by molar-refractivity contribution is -0.137. The smallest absolute Gasteiger partial charge is 0.366 e. The second-order valence-electron chi connectivity index (χ2n) is 4.35. The normalized spacial score (nSPS) is 11.2. The zero-order chi connectivity index (χ0) is 15.5. The number of anilines is 1. The minimum Gasteiger partial charge on any atom is -0.366 e. The number of alkyl halides is 3. The molecule has 2 rings (SSSR count). The molecule has 1 aromatic carbocycles.